The van der Waals surface area contributed by atoms with Gasteiger partial charge in [0.1, 0.15) is 5.75 Å². The fourth-order valence-electron chi connectivity index (χ4n) is 4.32. The van der Waals surface area contributed by atoms with Gasteiger partial charge in [0.15, 0.2) is 0 Å². The van der Waals surface area contributed by atoms with Crippen molar-refractivity contribution >= 4 is 35.2 Å². The van der Waals surface area contributed by atoms with E-state index in [4.69, 9.17) is 4.74 Å². The van der Waals surface area contributed by atoms with Crippen LogP contribution in [0.1, 0.15) is 30.0 Å². The van der Waals surface area contributed by atoms with E-state index in [1.54, 1.807) is 49.7 Å². The van der Waals surface area contributed by atoms with Crippen molar-refractivity contribution in [3.8, 4) is 5.75 Å². The van der Waals surface area contributed by atoms with Gasteiger partial charge in [-0.1, -0.05) is 24.3 Å². The molecule has 11 heteroatoms. The van der Waals surface area contributed by atoms with E-state index in [-0.39, 0.29) is 25.3 Å². The molecule has 2 aromatic carbocycles. The van der Waals surface area contributed by atoms with Crippen LogP contribution in [0, 0.1) is 5.92 Å². The summed E-state index contributed by atoms with van der Waals surface area (Å²) in [6.07, 6.45) is 2.74. The van der Waals surface area contributed by atoms with E-state index in [0.717, 1.165) is 5.56 Å². The lowest BCUT2D eigenvalue weighted by Gasteiger charge is -2.20. The molecule has 2 unspecified atom stereocenters. The first-order valence-corrected chi connectivity index (χ1v) is 12.3. The summed E-state index contributed by atoms with van der Waals surface area (Å²) >= 11 is 0. The first-order valence-electron chi connectivity index (χ1n) is 12.3. The summed E-state index contributed by atoms with van der Waals surface area (Å²) in [4.78, 5) is 55.1. The molecule has 1 aliphatic rings. The number of nitrogens with zero attached hydrogens (tertiary/aromatic N) is 2. The number of benzene rings is 2. The monoisotopic (exact) mass is 531 g/mol. The Morgan fingerprint density at radius 3 is 2.69 bits per heavy atom. The van der Waals surface area contributed by atoms with E-state index < -0.39 is 29.9 Å². The predicted octanol–water partition coefficient (Wildman–Crippen LogP) is 3.10. The van der Waals surface area contributed by atoms with Crippen molar-refractivity contribution in [3.05, 3.63) is 84.2 Å². The van der Waals surface area contributed by atoms with E-state index in [1.807, 2.05) is 24.3 Å². The largest absolute Gasteiger partial charge is 0.497 e. The lowest BCUT2D eigenvalue weighted by atomic mass is 10.0. The Morgan fingerprint density at radius 2 is 1.95 bits per heavy atom. The number of hydrogen-bond acceptors (Lipinski definition) is 6. The van der Waals surface area contributed by atoms with Crippen LogP contribution in [0.5, 0.6) is 5.75 Å². The minimum absolute atomic E-state index is 0.0165. The minimum atomic E-state index is -1.06. The Kier molecular flexibility index (Phi) is 8.72. The van der Waals surface area contributed by atoms with Crippen LogP contribution in [0.3, 0.4) is 0 Å². The van der Waals surface area contributed by atoms with Gasteiger partial charge in [0, 0.05) is 43.3 Å². The SMILES string of the molecule is COc1cccc(CNC(=O)Nc2cccc(N3CC(C(=O)NC(CC(=O)O)c4cccnc4)CC3=O)c2)c1. The molecule has 3 aromatic rings. The molecule has 0 bridgehead atoms. The van der Waals surface area contributed by atoms with Gasteiger partial charge in [-0.2, -0.15) is 0 Å². The van der Waals surface area contributed by atoms with E-state index in [2.05, 4.69) is 20.9 Å². The number of hydrogen-bond donors (Lipinski definition) is 4. The van der Waals surface area contributed by atoms with Crippen molar-refractivity contribution in [2.75, 3.05) is 23.9 Å². The highest BCUT2D eigenvalue weighted by atomic mass is 16.5. The molecule has 0 saturated carbocycles. The number of carboxylic acids is 1. The molecule has 2 heterocycles. The van der Waals surface area contributed by atoms with E-state index in [1.165, 1.54) is 11.1 Å². The van der Waals surface area contributed by atoms with Crippen LogP contribution in [-0.2, 0) is 20.9 Å². The summed E-state index contributed by atoms with van der Waals surface area (Å²) in [5.74, 6) is -1.68. The molecular weight excluding hydrogens is 502 g/mol. The molecule has 11 nitrogen and oxygen atoms in total. The summed E-state index contributed by atoms with van der Waals surface area (Å²) < 4.78 is 5.19. The van der Waals surface area contributed by atoms with Crippen molar-refractivity contribution in [2.45, 2.75) is 25.4 Å². The van der Waals surface area contributed by atoms with Gasteiger partial charge in [-0.05, 0) is 47.5 Å². The fourth-order valence-corrected chi connectivity index (χ4v) is 4.32. The highest BCUT2D eigenvalue weighted by Crippen LogP contribution is 2.28. The number of ether oxygens (including phenoxy) is 1. The summed E-state index contributed by atoms with van der Waals surface area (Å²) in [6, 6.07) is 16.3. The third kappa shape index (κ3) is 7.31. The maximum atomic E-state index is 13.0. The van der Waals surface area contributed by atoms with Crippen molar-refractivity contribution in [1.29, 1.82) is 0 Å². The van der Waals surface area contributed by atoms with Crippen LogP contribution >= 0.6 is 0 Å². The second-order valence-corrected chi connectivity index (χ2v) is 9.06. The Labute approximate surface area is 225 Å². The average molecular weight is 532 g/mol. The van der Waals surface area contributed by atoms with Crippen LogP contribution in [-0.4, -0.2) is 47.6 Å². The van der Waals surface area contributed by atoms with Gasteiger partial charge >= 0.3 is 12.0 Å². The smallest absolute Gasteiger partial charge is 0.319 e. The first kappa shape index (κ1) is 27.1. The van der Waals surface area contributed by atoms with Crippen molar-refractivity contribution in [1.82, 2.24) is 15.6 Å². The maximum Gasteiger partial charge on any atom is 0.319 e. The Morgan fingerprint density at radius 1 is 1.13 bits per heavy atom. The van der Waals surface area contributed by atoms with Gasteiger partial charge in [0.05, 0.1) is 25.5 Å². The number of methoxy groups -OCH3 is 1. The van der Waals surface area contributed by atoms with Gasteiger partial charge < -0.3 is 30.7 Å². The van der Waals surface area contributed by atoms with Crippen LogP contribution in [0.15, 0.2) is 73.1 Å². The standard InChI is InChI=1S/C28H29N5O6/c1-39-23-9-2-5-18(11-23)15-30-28(38)31-21-7-3-8-22(13-21)33-17-20(12-25(33)34)27(37)32-24(14-26(35)36)19-6-4-10-29-16-19/h2-11,13,16,20,24H,12,14-15,17H2,1H3,(H,32,37)(H,35,36)(H2,30,31,38). The van der Waals surface area contributed by atoms with Gasteiger partial charge in [-0.25, -0.2) is 4.79 Å². The number of carbonyl (C=O) groups is 4. The summed E-state index contributed by atoms with van der Waals surface area (Å²) in [7, 11) is 1.57. The second kappa shape index (κ2) is 12.5. The second-order valence-electron chi connectivity index (χ2n) is 9.06. The number of rotatable bonds is 10. The Balaban J connectivity index is 1.36. The molecule has 1 aromatic heterocycles. The molecule has 0 radical (unpaired) electrons. The number of pyridine rings is 1. The number of amides is 4. The molecule has 0 spiro atoms. The Hall–Kier alpha value is -4.93. The number of nitrogens with one attached hydrogen (secondary N) is 3. The maximum absolute atomic E-state index is 13.0. The fraction of sp³-hybridized carbons (Fsp3) is 0.250. The average Bonchev–Trinajstić information content (AvgIpc) is 3.34. The number of aliphatic carboxylic acids is 1. The summed E-state index contributed by atoms with van der Waals surface area (Å²) in [5, 5.41) is 17.6. The quantitative estimate of drug-likeness (QED) is 0.314. The van der Waals surface area contributed by atoms with Crippen molar-refractivity contribution in [3.63, 3.8) is 0 Å². The minimum Gasteiger partial charge on any atom is -0.497 e. The number of aromatic nitrogens is 1. The van der Waals surface area contributed by atoms with Gasteiger partial charge in [-0.3, -0.25) is 19.4 Å². The van der Waals surface area contributed by atoms with Crippen molar-refractivity contribution in [2.24, 2.45) is 5.92 Å². The zero-order valence-electron chi connectivity index (χ0n) is 21.3. The number of anilines is 2. The zero-order chi connectivity index (χ0) is 27.8. The van der Waals surface area contributed by atoms with E-state index in [0.29, 0.717) is 29.2 Å². The van der Waals surface area contributed by atoms with Crippen molar-refractivity contribution < 1.29 is 29.0 Å². The zero-order valence-corrected chi connectivity index (χ0v) is 21.3. The molecule has 4 amide bonds. The molecule has 2 atom stereocenters. The molecule has 4 N–H and O–H groups in total. The highest BCUT2D eigenvalue weighted by molar-refractivity contribution is 6.01. The number of urea groups is 1. The third-order valence-electron chi connectivity index (χ3n) is 6.28. The summed E-state index contributed by atoms with van der Waals surface area (Å²) in [6.45, 7) is 0.426. The lowest BCUT2D eigenvalue weighted by Crippen LogP contribution is -2.36. The lowest BCUT2D eigenvalue weighted by molar-refractivity contribution is -0.138. The highest BCUT2D eigenvalue weighted by Gasteiger charge is 2.36. The topological polar surface area (TPSA) is 150 Å². The van der Waals surface area contributed by atoms with Gasteiger partial charge in [0.2, 0.25) is 11.8 Å². The molecule has 1 fully saturated rings. The Bertz CT molecular complexity index is 1350. The third-order valence-corrected chi connectivity index (χ3v) is 6.28. The molecular formula is C28H29N5O6. The number of carbonyl (C=O) groups excluding carboxylic acids is 3. The van der Waals surface area contributed by atoms with Crippen LogP contribution < -0.4 is 25.6 Å². The van der Waals surface area contributed by atoms with Crippen LogP contribution in [0.2, 0.25) is 0 Å². The van der Waals surface area contributed by atoms with Crippen LogP contribution in [0.25, 0.3) is 0 Å². The molecule has 4 rings (SSSR count). The van der Waals surface area contributed by atoms with Gasteiger partial charge in [-0.15, -0.1) is 0 Å². The molecule has 1 aliphatic heterocycles. The number of carboxylic acid groups (broad SMARTS) is 1. The van der Waals surface area contributed by atoms with E-state index >= 15 is 0 Å². The normalized spacial score (nSPS) is 15.4. The molecule has 202 valence electrons. The molecule has 1 saturated heterocycles. The summed E-state index contributed by atoms with van der Waals surface area (Å²) in [5.41, 5.74) is 2.46. The predicted molar refractivity (Wildman–Crippen MR) is 143 cm³/mol. The van der Waals surface area contributed by atoms with Crippen LogP contribution in [0.4, 0.5) is 16.2 Å². The first-order chi connectivity index (χ1) is 18.8. The van der Waals surface area contributed by atoms with E-state index in [9.17, 15) is 24.3 Å². The molecule has 0 aliphatic carbocycles. The molecule has 39 heavy (non-hydrogen) atoms. The van der Waals surface area contributed by atoms with Gasteiger partial charge in [0.25, 0.3) is 0 Å².